The van der Waals surface area contributed by atoms with Crippen LogP contribution in [0.3, 0.4) is 0 Å². The van der Waals surface area contributed by atoms with Crippen LogP contribution in [0.1, 0.15) is 29.3 Å². The SMILES string of the molecule is CNCC1CCCc2sc(-c3c(F)cccc3Cl)nc21. The number of likely N-dealkylation sites (N-methyl/N-ethyl adjacent to an activating group) is 1. The van der Waals surface area contributed by atoms with Crippen LogP contribution in [0, 0.1) is 5.82 Å². The highest BCUT2D eigenvalue weighted by atomic mass is 35.5. The van der Waals surface area contributed by atoms with Crippen molar-refractivity contribution in [2.24, 2.45) is 0 Å². The zero-order valence-electron chi connectivity index (χ0n) is 11.2. The molecule has 0 amide bonds. The Bertz CT molecular complexity index is 606. The molecule has 2 aromatic rings. The number of nitrogens with one attached hydrogen (secondary N) is 1. The van der Waals surface area contributed by atoms with Crippen LogP contribution < -0.4 is 5.32 Å². The molecule has 1 aliphatic carbocycles. The number of halogens is 2. The quantitative estimate of drug-likeness (QED) is 0.917. The number of benzene rings is 1. The Morgan fingerprint density at radius 2 is 2.35 bits per heavy atom. The van der Waals surface area contributed by atoms with E-state index < -0.39 is 0 Å². The molecule has 0 saturated carbocycles. The number of rotatable bonds is 3. The fourth-order valence-corrected chi connectivity index (χ4v) is 4.32. The van der Waals surface area contributed by atoms with Crippen molar-refractivity contribution in [2.75, 3.05) is 13.6 Å². The third-order valence-electron chi connectivity index (χ3n) is 3.70. The van der Waals surface area contributed by atoms with Crippen molar-refractivity contribution in [3.05, 3.63) is 39.6 Å². The molecule has 106 valence electrons. The van der Waals surface area contributed by atoms with Gasteiger partial charge in [0.1, 0.15) is 10.8 Å². The van der Waals surface area contributed by atoms with E-state index in [0.29, 0.717) is 21.5 Å². The van der Waals surface area contributed by atoms with Crippen LogP contribution in [-0.4, -0.2) is 18.6 Å². The molecule has 0 aliphatic heterocycles. The average molecular weight is 311 g/mol. The second-order valence-electron chi connectivity index (χ2n) is 5.07. The summed E-state index contributed by atoms with van der Waals surface area (Å²) in [6.07, 6.45) is 3.35. The molecule has 0 spiro atoms. The van der Waals surface area contributed by atoms with Gasteiger partial charge in [0.25, 0.3) is 0 Å². The van der Waals surface area contributed by atoms with Crippen LogP contribution in [0.4, 0.5) is 4.39 Å². The number of nitrogens with zero attached hydrogens (tertiary/aromatic N) is 1. The van der Waals surface area contributed by atoms with Gasteiger partial charge < -0.3 is 5.32 Å². The van der Waals surface area contributed by atoms with Crippen molar-refractivity contribution in [1.29, 1.82) is 0 Å². The van der Waals surface area contributed by atoms with Gasteiger partial charge in [-0.15, -0.1) is 11.3 Å². The molecule has 0 saturated heterocycles. The third kappa shape index (κ3) is 2.48. The Hall–Kier alpha value is -0.970. The number of thiazole rings is 1. The van der Waals surface area contributed by atoms with Crippen molar-refractivity contribution in [1.82, 2.24) is 10.3 Å². The summed E-state index contributed by atoms with van der Waals surface area (Å²) < 4.78 is 14.0. The molecule has 2 nitrogen and oxygen atoms in total. The van der Waals surface area contributed by atoms with E-state index >= 15 is 0 Å². The average Bonchev–Trinajstić information content (AvgIpc) is 2.83. The molecule has 5 heteroatoms. The highest BCUT2D eigenvalue weighted by Gasteiger charge is 2.25. The van der Waals surface area contributed by atoms with Crippen molar-refractivity contribution < 1.29 is 4.39 Å². The Kier molecular flexibility index (Phi) is 4.06. The Labute approximate surface area is 127 Å². The molecule has 1 aromatic heterocycles. The molecule has 1 heterocycles. The van der Waals surface area contributed by atoms with Gasteiger partial charge in [0.05, 0.1) is 16.3 Å². The van der Waals surface area contributed by atoms with Gasteiger partial charge in [0, 0.05) is 17.3 Å². The number of hydrogen-bond donors (Lipinski definition) is 1. The lowest BCUT2D eigenvalue weighted by molar-refractivity contribution is 0.523. The number of aromatic nitrogens is 1. The molecule has 0 fully saturated rings. The Balaban J connectivity index is 2.05. The van der Waals surface area contributed by atoms with Gasteiger partial charge in [-0.25, -0.2) is 9.37 Å². The molecule has 1 atom stereocenters. The molecular formula is C15H16ClFN2S. The van der Waals surface area contributed by atoms with E-state index in [2.05, 4.69) is 5.32 Å². The topological polar surface area (TPSA) is 24.9 Å². The van der Waals surface area contributed by atoms with E-state index in [1.54, 1.807) is 23.5 Å². The number of fused-ring (bicyclic) bond motifs is 1. The maximum atomic E-state index is 14.0. The van der Waals surface area contributed by atoms with Gasteiger partial charge in [-0.1, -0.05) is 17.7 Å². The van der Waals surface area contributed by atoms with Crippen molar-refractivity contribution in [2.45, 2.75) is 25.2 Å². The largest absolute Gasteiger partial charge is 0.319 e. The molecule has 3 rings (SSSR count). The summed E-state index contributed by atoms with van der Waals surface area (Å²) in [4.78, 5) is 5.98. The second kappa shape index (κ2) is 5.80. The maximum absolute atomic E-state index is 14.0. The van der Waals surface area contributed by atoms with Gasteiger partial charge in [0.2, 0.25) is 0 Å². The summed E-state index contributed by atoms with van der Waals surface area (Å²) >= 11 is 7.72. The zero-order chi connectivity index (χ0) is 14.1. The molecule has 1 aliphatic rings. The number of aryl methyl sites for hydroxylation is 1. The van der Waals surface area contributed by atoms with Crippen molar-refractivity contribution in [3.63, 3.8) is 0 Å². The number of hydrogen-bond acceptors (Lipinski definition) is 3. The van der Waals surface area contributed by atoms with E-state index in [9.17, 15) is 4.39 Å². The van der Waals surface area contributed by atoms with Gasteiger partial charge in [-0.3, -0.25) is 0 Å². The molecule has 1 unspecified atom stereocenters. The summed E-state index contributed by atoms with van der Waals surface area (Å²) in [5.41, 5.74) is 1.57. The van der Waals surface area contributed by atoms with Crippen LogP contribution in [0.5, 0.6) is 0 Å². The van der Waals surface area contributed by atoms with E-state index in [1.165, 1.54) is 17.4 Å². The second-order valence-corrected chi connectivity index (χ2v) is 6.56. The van der Waals surface area contributed by atoms with E-state index in [1.807, 2.05) is 7.05 Å². The van der Waals surface area contributed by atoms with Crippen molar-refractivity contribution >= 4 is 22.9 Å². The summed E-state index contributed by atoms with van der Waals surface area (Å²) in [6, 6.07) is 4.77. The monoisotopic (exact) mass is 310 g/mol. The molecule has 0 bridgehead atoms. The first-order valence-electron chi connectivity index (χ1n) is 6.79. The lowest BCUT2D eigenvalue weighted by atomic mass is 9.91. The normalized spacial score (nSPS) is 18.1. The first-order chi connectivity index (χ1) is 9.70. The minimum absolute atomic E-state index is 0.297. The minimum atomic E-state index is -0.297. The van der Waals surface area contributed by atoms with Gasteiger partial charge in [-0.2, -0.15) is 0 Å². The fourth-order valence-electron chi connectivity index (χ4n) is 2.76. The predicted molar refractivity (Wildman–Crippen MR) is 82.1 cm³/mol. The van der Waals surface area contributed by atoms with Crippen LogP contribution in [-0.2, 0) is 6.42 Å². The summed E-state index contributed by atoms with van der Waals surface area (Å²) in [5.74, 6) is 0.132. The Morgan fingerprint density at radius 3 is 3.10 bits per heavy atom. The van der Waals surface area contributed by atoms with Crippen LogP contribution in [0.2, 0.25) is 5.02 Å². The maximum Gasteiger partial charge on any atom is 0.134 e. The smallest absolute Gasteiger partial charge is 0.134 e. The summed E-state index contributed by atoms with van der Waals surface area (Å²) in [5, 5.41) is 4.36. The van der Waals surface area contributed by atoms with Gasteiger partial charge in [0.15, 0.2) is 0 Å². The third-order valence-corrected chi connectivity index (χ3v) is 5.16. The first kappa shape index (κ1) is 14.0. The minimum Gasteiger partial charge on any atom is -0.319 e. The Morgan fingerprint density at radius 1 is 1.50 bits per heavy atom. The lowest BCUT2D eigenvalue weighted by Crippen LogP contribution is -2.20. The first-order valence-corrected chi connectivity index (χ1v) is 7.98. The predicted octanol–water partition coefficient (Wildman–Crippen LogP) is 4.24. The van der Waals surface area contributed by atoms with E-state index in [-0.39, 0.29) is 5.82 Å². The van der Waals surface area contributed by atoms with Gasteiger partial charge in [-0.05, 0) is 38.4 Å². The zero-order valence-corrected chi connectivity index (χ0v) is 12.8. The standard InChI is InChI=1S/C15H16ClFN2S/c1-18-8-9-4-2-7-12-14(9)19-15(20-12)13-10(16)5-3-6-11(13)17/h3,5-6,9,18H,2,4,7-8H2,1H3. The highest BCUT2D eigenvalue weighted by molar-refractivity contribution is 7.15. The van der Waals surface area contributed by atoms with Gasteiger partial charge >= 0.3 is 0 Å². The molecule has 20 heavy (non-hydrogen) atoms. The molecule has 1 aromatic carbocycles. The molecular weight excluding hydrogens is 295 g/mol. The summed E-state index contributed by atoms with van der Waals surface area (Å²) in [6.45, 7) is 0.918. The molecule has 0 radical (unpaired) electrons. The van der Waals surface area contributed by atoms with Crippen molar-refractivity contribution in [3.8, 4) is 10.6 Å². The van der Waals surface area contributed by atoms with E-state index in [4.69, 9.17) is 16.6 Å². The fraction of sp³-hybridized carbons (Fsp3) is 0.400. The molecule has 1 N–H and O–H groups in total. The van der Waals surface area contributed by atoms with Crippen LogP contribution >= 0.6 is 22.9 Å². The summed E-state index contributed by atoms with van der Waals surface area (Å²) in [7, 11) is 1.95. The highest BCUT2D eigenvalue weighted by Crippen LogP contribution is 2.40. The lowest BCUT2D eigenvalue weighted by Gasteiger charge is -2.20. The van der Waals surface area contributed by atoms with E-state index in [0.717, 1.165) is 25.1 Å². The van der Waals surface area contributed by atoms with Crippen LogP contribution in [0.25, 0.3) is 10.6 Å². The van der Waals surface area contributed by atoms with Crippen LogP contribution in [0.15, 0.2) is 18.2 Å².